The zero-order chi connectivity index (χ0) is 21.3. The molecule has 1 aromatic heterocycles. The van der Waals surface area contributed by atoms with Crippen molar-refractivity contribution in [1.29, 1.82) is 0 Å². The first kappa shape index (κ1) is 21.9. The molecule has 1 aliphatic rings. The number of aromatic nitrogens is 2. The minimum atomic E-state index is 0.266. The maximum atomic E-state index is 5.55. The predicted octanol–water partition coefficient (Wildman–Crippen LogP) is 2.97. The van der Waals surface area contributed by atoms with Gasteiger partial charge < -0.3 is 24.8 Å². The molecule has 0 radical (unpaired) electrons. The number of aliphatic imine (C=N–C) groups is 1. The highest BCUT2D eigenvalue weighted by molar-refractivity contribution is 5.80. The topological polar surface area (TPSA) is 87.8 Å². The Morgan fingerprint density at radius 1 is 1.37 bits per heavy atom. The fraction of sp³-hybridized carbons (Fsp3) is 0.591. The lowest BCUT2D eigenvalue weighted by atomic mass is 10.0. The Morgan fingerprint density at radius 3 is 2.93 bits per heavy atom. The van der Waals surface area contributed by atoms with Gasteiger partial charge in [-0.05, 0) is 31.9 Å². The molecule has 8 heteroatoms. The monoisotopic (exact) mass is 414 g/mol. The number of methoxy groups -OCH3 is 1. The van der Waals surface area contributed by atoms with Gasteiger partial charge in [-0.25, -0.2) is 0 Å². The number of rotatable bonds is 8. The Balaban J connectivity index is 1.58. The quantitative estimate of drug-likeness (QED) is 0.507. The van der Waals surface area contributed by atoms with E-state index in [1.807, 2.05) is 12.1 Å². The van der Waals surface area contributed by atoms with Crippen LogP contribution in [-0.2, 0) is 6.42 Å². The van der Waals surface area contributed by atoms with Crippen LogP contribution in [0.25, 0.3) is 0 Å². The SMILES string of the molecule is CCNC(=NCCc1nc(C(C)C)no1)NC1CCCN(c2ccccc2OC)C1. The number of nitrogens with zero attached hydrogens (tertiary/aromatic N) is 4. The molecule has 1 fully saturated rings. The van der Waals surface area contributed by atoms with Gasteiger partial charge in [-0.2, -0.15) is 4.98 Å². The van der Waals surface area contributed by atoms with Gasteiger partial charge in [0.2, 0.25) is 5.89 Å². The number of piperidine rings is 1. The Bertz CT molecular complexity index is 819. The van der Waals surface area contributed by atoms with E-state index in [1.54, 1.807) is 7.11 Å². The first-order valence-corrected chi connectivity index (χ1v) is 10.9. The van der Waals surface area contributed by atoms with E-state index in [4.69, 9.17) is 14.3 Å². The van der Waals surface area contributed by atoms with Crippen molar-refractivity contribution >= 4 is 11.6 Å². The van der Waals surface area contributed by atoms with Crippen LogP contribution in [0.4, 0.5) is 5.69 Å². The Morgan fingerprint density at radius 2 is 2.20 bits per heavy atom. The fourth-order valence-electron chi connectivity index (χ4n) is 3.59. The highest BCUT2D eigenvalue weighted by Crippen LogP contribution is 2.29. The van der Waals surface area contributed by atoms with Crippen LogP contribution in [0.1, 0.15) is 51.2 Å². The summed E-state index contributed by atoms with van der Waals surface area (Å²) in [6, 6.07) is 8.52. The van der Waals surface area contributed by atoms with Crippen LogP contribution in [0.2, 0.25) is 0 Å². The van der Waals surface area contributed by atoms with E-state index in [-0.39, 0.29) is 5.92 Å². The van der Waals surface area contributed by atoms with Gasteiger partial charge in [0.1, 0.15) is 5.75 Å². The molecule has 30 heavy (non-hydrogen) atoms. The molecule has 1 aromatic carbocycles. The van der Waals surface area contributed by atoms with Crippen LogP contribution in [-0.4, -0.2) is 55.4 Å². The van der Waals surface area contributed by atoms with E-state index in [0.717, 1.165) is 55.7 Å². The maximum Gasteiger partial charge on any atom is 0.228 e. The van der Waals surface area contributed by atoms with Gasteiger partial charge in [-0.3, -0.25) is 4.99 Å². The molecule has 1 aliphatic heterocycles. The first-order chi connectivity index (χ1) is 14.6. The van der Waals surface area contributed by atoms with Crippen LogP contribution in [0.5, 0.6) is 5.75 Å². The second kappa shape index (κ2) is 10.8. The molecular formula is C22H34N6O2. The van der Waals surface area contributed by atoms with Crippen molar-refractivity contribution < 1.29 is 9.26 Å². The molecule has 0 saturated carbocycles. The molecule has 1 atom stereocenters. The number of anilines is 1. The zero-order valence-corrected chi connectivity index (χ0v) is 18.5. The molecule has 0 bridgehead atoms. The lowest BCUT2D eigenvalue weighted by Gasteiger charge is -2.36. The fourth-order valence-corrected chi connectivity index (χ4v) is 3.59. The number of benzene rings is 1. The molecule has 0 aliphatic carbocycles. The summed E-state index contributed by atoms with van der Waals surface area (Å²) in [5.41, 5.74) is 1.14. The van der Waals surface area contributed by atoms with Gasteiger partial charge >= 0.3 is 0 Å². The number of hydrogen-bond acceptors (Lipinski definition) is 6. The summed E-state index contributed by atoms with van der Waals surface area (Å²) < 4.78 is 10.9. The third kappa shape index (κ3) is 5.87. The molecule has 3 rings (SSSR count). The third-order valence-corrected chi connectivity index (χ3v) is 5.13. The molecule has 1 saturated heterocycles. The molecule has 2 aromatic rings. The van der Waals surface area contributed by atoms with E-state index < -0.39 is 0 Å². The van der Waals surface area contributed by atoms with Gasteiger partial charge in [0.25, 0.3) is 0 Å². The van der Waals surface area contributed by atoms with E-state index >= 15 is 0 Å². The average Bonchev–Trinajstić information content (AvgIpc) is 3.23. The number of hydrogen-bond donors (Lipinski definition) is 2. The highest BCUT2D eigenvalue weighted by atomic mass is 16.5. The van der Waals surface area contributed by atoms with Gasteiger partial charge in [-0.15, -0.1) is 0 Å². The Labute approximate surface area is 179 Å². The van der Waals surface area contributed by atoms with Crippen LogP contribution in [0.3, 0.4) is 0 Å². The van der Waals surface area contributed by atoms with Crippen molar-refractivity contribution in [2.45, 2.75) is 52.0 Å². The van der Waals surface area contributed by atoms with Crippen molar-refractivity contribution in [2.24, 2.45) is 4.99 Å². The van der Waals surface area contributed by atoms with Crippen molar-refractivity contribution in [1.82, 2.24) is 20.8 Å². The molecule has 1 unspecified atom stereocenters. The molecular weight excluding hydrogens is 380 g/mol. The van der Waals surface area contributed by atoms with Gasteiger partial charge in [0.05, 0.1) is 19.3 Å². The Kier molecular flexibility index (Phi) is 7.93. The van der Waals surface area contributed by atoms with Crippen LogP contribution in [0, 0.1) is 0 Å². The molecule has 0 amide bonds. The van der Waals surface area contributed by atoms with Crippen LogP contribution < -0.4 is 20.3 Å². The van der Waals surface area contributed by atoms with Gasteiger partial charge in [0, 0.05) is 38.0 Å². The largest absolute Gasteiger partial charge is 0.495 e. The Hall–Kier alpha value is -2.77. The lowest BCUT2D eigenvalue weighted by Crippen LogP contribution is -2.51. The summed E-state index contributed by atoms with van der Waals surface area (Å²) in [6.07, 6.45) is 2.86. The van der Waals surface area contributed by atoms with Gasteiger partial charge in [-0.1, -0.05) is 31.1 Å². The summed E-state index contributed by atoms with van der Waals surface area (Å²) in [5, 5.41) is 11.0. The summed E-state index contributed by atoms with van der Waals surface area (Å²) in [5.74, 6) is 3.39. The minimum absolute atomic E-state index is 0.266. The summed E-state index contributed by atoms with van der Waals surface area (Å²) >= 11 is 0. The summed E-state index contributed by atoms with van der Waals surface area (Å²) in [6.45, 7) is 9.53. The number of nitrogens with one attached hydrogen (secondary N) is 2. The second-order valence-corrected chi connectivity index (χ2v) is 7.81. The molecule has 164 valence electrons. The lowest BCUT2D eigenvalue weighted by molar-refractivity contribution is 0.372. The number of para-hydroxylation sites is 2. The minimum Gasteiger partial charge on any atom is -0.495 e. The zero-order valence-electron chi connectivity index (χ0n) is 18.5. The van der Waals surface area contributed by atoms with Crippen molar-refractivity contribution in [3.63, 3.8) is 0 Å². The number of ether oxygens (including phenoxy) is 1. The highest BCUT2D eigenvalue weighted by Gasteiger charge is 2.22. The van der Waals surface area contributed by atoms with Gasteiger partial charge in [0.15, 0.2) is 11.8 Å². The van der Waals surface area contributed by atoms with Crippen molar-refractivity contribution in [2.75, 3.05) is 38.2 Å². The van der Waals surface area contributed by atoms with E-state index in [2.05, 4.69) is 58.6 Å². The first-order valence-electron chi connectivity index (χ1n) is 10.9. The molecule has 8 nitrogen and oxygen atoms in total. The van der Waals surface area contributed by atoms with E-state index in [0.29, 0.717) is 24.9 Å². The van der Waals surface area contributed by atoms with E-state index in [9.17, 15) is 0 Å². The average molecular weight is 415 g/mol. The summed E-state index contributed by atoms with van der Waals surface area (Å²) in [4.78, 5) is 11.5. The normalized spacial score (nSPS) is 17.3. The van der Waals surface area contributed by atoms with Crippen molar-refractivity contribution in [3.05, 3.63) is 36.0 Å². The van der Waals surface area contributed by atoms with Crippen molar-refractivity contribution in [3.8, 4) is 5.75 Å². The predicted molar refractivity (Wildman–Crippen MR) is 119 cm³/mol. The smallest absolute Gasteiger partial charge is 0.228 e. The standard InChI is InChI=1S/C22H34N6O2/c1-5-23-22(24-13-12-20-26-21(16(2)3)27-30-20)25-17-9-8-14-28(15-17)18-10-6-7-11-19(18)29-4/h6-7,10-11,16-17H,5,8-9,12-15H2,1-4H3,(H2,23,24,25). The maximum absolute atomic E-state index is 5.55. The van der Waals surface area contributed by atoms with Crippen LogP contribution in [0.15, 0.2) is 33.8 Å². The molecule has 2 heterocycles. The van der Waals surface area contributed by atoms with E-state index in [1.165, 1.54) is 0 Å². The molecule has 2 N–H and O–H groups in total. The molecule has 0 spiro atoms. The van der Waals surface area contributed by atoms with Crippen LogP contribution >= 0.6 is 0 Å². The summed E-state index contributed by atoms with van der Waals surface area (Å²) in [7, 11) is 1.72. The number of guanidine groups is 1. The second-order valence-electron chi connectivity index (χ2n) is 7.81. The third-order valence-electron chi connectivity index (χ3n) is 5.13.